The van der Waals surface area contributed by atoms with E-state index in [2.05, 4.69) is 33.9 Å². The van der Waals surface area contributed by atoms with E-state index < -0.39 is 50.1 Å². The van der Waals surface area contributed by atoms with Crippen LogP contribution >= 0.6 is 0 Å². The zero-order chi connectivity index (χ0) is 33.4. The molecular weight excluding hydrogens is 578 g/mol. The van der Waals surface area contributed by atoms with Crippen LogP contribution in [0.5, 0.6) is 5.75 Å². The number of cyclic esters (lactones) is 1. The first-order valence-corrected chi connectivity index (χ1v) is 18.2. The first kappa shape index (κ1) is 35.5. The molecule has 3 rings (SSSR count). The van der Waals surface area contributed by atoms with Crippen molar-refractivity contribution in [1.82, 2.24) is 0 Å². The quantitative estimate of drug-likeness (QED) is 0.248. The Bertz CT molecular complexity index is 1320. The molecule has 0 spiro atoms. The Labute approximate surface area is 264 Å². The minimum atomic E-state index is -2.47. The van der Waals surface area contributed by atoms with Crippen molar-refractivity contribution in [2.24, 2.45) is 5.92 Å². The minimum Gasteiger partial charge on any atom is -0.543 e. The number of benzene rings is 1. The lowest BCUT2D eigenvalue weighted by Gasteiger charge is -2.37. The van der Waals surface area contributed by atoms with Crippen LogP contribution in [-0.4, -0.2) is 62.9 Å². The van der Waals surface area contributed by atoms with Crippen molar-refractivity contribution < 1.29 is 37.8 Å². The molecule has 1 saturated heterocycles. The van der Waals surface area contributed by atoms with E-state index in [1.165, 1.54) is 11.0 Å². The highest BCUT2D eigenvalue weighted by molar-refractivity contribution is 6.74. The van der Waals surface area contributed by atoms with Gasteiger partial charge in [-0.2, -0.15) is 0 Å². The summed E-state index contributed by atoms with van der Waals surface area (Å²) >= 11 is 0. The Morgan fingerprint density at radius 3 is 2.25 bits per heavy atom. The summed E-state index contributed by atoms with van der Waals surface area (Å²) in [6.07, 6.45) is 4.80. The number of carbonyl (C=O) groups is 3. The average molecular weight is 630 g/mol. The maximum atomic E-state index is 14.0. The smallest absolute Gasteiger partial charge is 0.414 e. The van der Waals surface area contributed by atoms with Crippen LogP contribution in [0.15, 0.2) is 30.4 Å². The van der Waals surface area contributed by atoms with E-state index in [4.69, 9.17) is 23.4 Å². The Balaban J connectivity index is 2.23. The summed E-state index contributed by atoms with van der Waals surface area (Å²) in [5.74, 6) is -1.61. The number of carbonyl (C=O) groups excluding carboxylic acids is 3. The van der Waals surface area contributed by atoms with Gasteiger partial charge < -0.3 is 23.4 Å². The summed E-state index contributed by atoms with van der Waals surface area (Å²) in [4.78, 5) is 41.6. The lowest BCUT2D eigenvalue weighted by atomic mass is 9.99. The summed E-state index contributed by atoms with van der Waals surface area (Å²) in [5, 5.41) is -0.172. The van der Waals surface area contributed by atoms with Gasteiger partial charge in [0.2, 0.25) is 0 Å². The molecule has 44 heavy (non-hydrogen) atoms. The molecule has 2 aliphatic heterocycles. The predicted octanol–water partition coefficient (Wildman–Crippen LogP) is 7.69. The molecule has 0 radical (unpaired) electrons. The molecule has 1 aromatic carbocycles. The number of hydrogen-bond donors (Lipinski definition) is 0. The molecule has 2 heterocycles. The molecule has 0 unspecified atom stereocenters. The Kier molecular flexibility index (Phi) is 10.3. The van der Waals surface area contributed by atoms with E-state index in [0.29, 0.717) is 23.4 Å². The van der Waals surface area contributed by atoms with Crippen molar-refractivity contribution in [2.45, 2.75) is 123 Å². The lowest BCUT2D eigenvalue weighted by molar-refractivity contribution is -0.152. The van der Waals surface area contributed by atoms with Crippen LogP contribution in [0.3, 0.4) is 0 Å². The van der Waals surface area contributed by atoms with E-state index in [9.17, 15) is 14.4 Å². The number of anilines is 1. The van der Waals surface area contributed by atoms with E-state index in [-0.39, 0.29) is 22.3 Å². The standard InChI is InChI=1S/C34H51NO8Si/c1-21-17-18-25(36)29-26(40-34(9,10)41-29)16-14-15-23-19-24(35(11)31(38)42-32(3,4)5)20-27(28(23)30(37)39-22(21)2)43-44(12,13)33(6,7)8/h14-15,17-22,26,29H,16H2,1-13H3/t21-,22+,26+,29+/m1/s1. The van der Waals surface area contributed by atoms with Gasteiger partial charge in [-0.3, -0.25) is 9.69 Å². The fourth-order valence-corrected chi connectivity index (χ4v) is 5.54. The number of ether oxygens (including phenoxy) is 4. The fourth-order valence-electron chi connectivity index (χ4n) is 4.52. The summed E-state index contributed by atoms with van der Waals surface area (Å²) in [5.41, 5.74) is 0.564. The third-order valence-corrected chi connectivity index (χ3v) is 12.6. The molecule has 4 atom stereocenters. The van der Waals surface area contributed by atoms with Crippen LogP contribution in [-0.2, 0) is 23.7 Å². The molecule has 1 fully saturated rings. The SMILES string of the molecule is C[C@@H]1C=CC(=O)[C@@H]2OC(C)(C)O[C@H]2CC=Cc2cc(N(C)C(=O)OC(C)(C)C)cc(O[Si](C)(C)C(C)(C)C)c2C(=O)O[C@H]1C. The second-order valence-corrected chi connectivity index (χ2v) is 19.5. The highest BCUT2D eigenvalue weighted by Crippen LogP contribution is 2.41. The van der Waals surface area contributed by atoms with Crippen LogP contribution in [0.1, 0.15) is 91.6 Å². The topological polar surface area (TPSA) is 101 Å². The second-order valence-electron chi connectivity index (χ2n) is 14.8. The van der Waals surface area contributed by atoms with Gasteiger partial charge in [-0.25, -0.2) is 9.59 Å². The van der Waals surface area contributed by atoms with Crippen LogP contribution in [0, 0.1) is 5.92 Å². The number of fused-ring (bicyclic) bond motifs is 2. The van der Waals surface area contributed by atoms with Crippen LogP contribution < -0.4 is 9.33 Å². The molecule has 2 aliphatic rings. The van der Waals surface area contributed by atoms with Gasteiger partial charge in [0.25, 0.3) is 8.32 Å². The predicted molar refractivity (Wildman–Crippen MR) is 175 cm³/mol. The molecule has 244 valence electrons. The molecule has 1 aromatic rings. The van der Waals surface area contributed by atoms with Crippen molar-refractivity contribution in [2.75, 3.05) is 11.9 Å². The molecule has 0 bridgehead atoms. The number of hydrogen-bond acceptors (Lipinski definition) is 8. The van der Waals surface area contributed by atoms with E-state index >= 15 is 0 Å². The van der Waals surface area contributed by atoms with Crippen LogP contribution in [0.2, 0.25) is 18.1 Å². The molecule has 9 nitrogen and oxygen atoms in total. The van der Waals surface area contributed by atoms with Gasteiger partial charge in [0.05, 0.1) is 11.8 Å². The summed E-state index contributed by atoms with van der Waals surface area (Å²) in [7, 11) is -0.845. The Morgan fingerprint density at radius 1 is 1.02 bits per heavy atom. The van der Waals surface area contributed by atoms with Crippen molar-refractivity contribution >= 4 is 37.9 Å². The minimum absolute atomic E-state index is 0.172. The van der Waals surface area contributed by atoms with Crippen molar-refractivity contribution in [3.05, 3.63) is 41.5 Å². The largest absolute Gasteiger partial charge is 0.543 e. The Morgan fingerprint density at radius 2 is 1.66 bits per heavy atom. The zero-order valence-electron chi connectivity index (χ0n) is 28.7. The monoisotopic (exact) mass is 629 g/mol. The van der Waals surface area contributed by atoms with E-state index in [0.717, 1.165) is 0 Å². The van der Waals surface area contributed by atoms with Crippen molar-refractivity contribution in [3.8, 4) is 5.75 Å². The van der Waals surface area contributed by atoms with E-state index in [1.807, 2.05) is 13.0 Å². The number of nitrogens with zero attached hydrogens (tertiary/aromatic N) is 1. The normalized spacial score (nSPS) is 24.6. The third-order valence-electron chi connectivity index (χ3n) is 8.27. The molecule has 0 aliphatic carbocycles. The fraction of sp³-hybridized carbons (Fsp3) is 0.618. The summed E-state index contributed by atoms with van der Waals surface area (Å²) in [6, 6.07) is 3.45. The molecule has 1 amide bonds. The van der Waals surface area contributed by atoms with Gasteiger partial charge in [-0.1, -0.05) is 45.9 Å². The van der Waals surface area contributed by atoms with Gasteiger partial charge in [0, 0.05) is 19.0 Å². The van der Waals surface area contributed by atoms with Gasteiger partial charge in [0.15, 0.2) is 11.6 Å². The summed E-state index contributed by atoms with van der Waals surface area (Å²) < 4.78 is 30.5. The number of rotatable bonds is 3. The van der Waals surface area contributed by atoms with Gasteiger partial charge in [-0.15, -0.1) is 0 Å². The number of esters is 1. The lowest BCUT2D eigenvalue weighted by Crippen LogP contribution is -2.44. The maximum absolute atomic E-state index is 14.0. The van der Waals surface area contributed by atoms with Crippen molar-refractivity contribution in [1.29, 1.82) is 0 Å². The highest BCUT2D eigenvalue weighted by atomic mass is 28.4. The highest BCUT2D eigenvalue weighted by Gasteiger charge is 2.44. The molecule has 10 heteroatoms. The average Bonchev–Trinajstić information content (AvgIpc) is 3.17. The summed E-state index contributed by atoms with van der Waals surface area (Å²) in [6.45, 7) is 23.2. The molecule has 0 aromatic heterocycles. The maximum Gasteiger partial charge on any atom is 0.414 e. The van der Waals surface area contributed by atoms with Crippen LogP contribution in [0.4, 0.5) is 10.5 Å². The van der Waals surface area contributed by atoms with Gasteiger partial charge >= 0.3 is 12.1 Å². The van der Waals surface area contributed by atoms with Crippen molar-refractivity contribution in [3.63, 3.8) is 0 Å². The number of amides is 1. The molecular formula is C34H51NO8Si. The molecule has 0 saturated carbocycles. The zero-order valence-corrected chi connectivity index (χ0v) is 29.7. The first-order chi connectivity index (χ1) is 20.0. The first-order valence-electron chi connectivity index (χ1n) is 15.3. The Hall–Kier alpha value is -2.95. The van der Waals surface area contributed by atoms with Gasteiger partial charge in [0.1, 0.15) is 29.1 Å². The third kappa shape index (κ3) is 8.61. The number of ketones is 1. The molecule has 0 N–H and O–H groups in total. The van der Waals surface area contributed by atoms with E-state index in [1.54, 1.807) is 72.9 Å². The second kappa shape index (κ2) is 12.8. The van der Waals surface area contributed by atoms with Crippen LogP contribution in [0.25, 0.3) is 6.08 Å². The van der Waals surface area contributed by atoms with Gasteiger partial charge in [-0.05, 0) is 83.8 Å².